The molecule has 2 N–H and O–H groups in total. The van der Waals surface area contributed by atoms with Gasteiger partial charge in [0.25, 0.3) is 5.56 Å². The summed E-state index contributed by atoms with van der Waals surface area (Å²) in [5.74, 6) is 0.270. The van der Waals surface area contributed by atoms with Gasteiger partial charge in [0, 0.05) is 6.54 Å². The molecule has 0 aliphatic heterocycles. The summed E-state index contributed by atoms with van der Waals surface area (Å²) in [6, 6.07) is 4.95. The monoisotopic (exact) mass is 347 g/mol. The smallest absolute Gasteiger partial charge is 0.365 e. The molecule has 0 spiro atoms. The van der Waals surface area contributed by atoms with E-state index < -0.39 is 11.7 Å². The first-order chi connectivity index (χ1) is 9.38. The van der Waals surface area contributed by atoms with Crippen LogP contribution in [0.2, 0.25) is 0 Å². The van der Waals surface area contributed by atoms with Crippen LogP contribution in [0.5, 0.6) is 0 Å². The van der Waals surface area contributed by atoms with Gasteiger partial charge in [-0.05, 0) is 33.6 Å². The third-order valence-corrected chi connectivity index (χ3v) is 3.25. The number of H-pyrrole nitrogens is 1. The molecule has 0 aliphatic carbocycles. The van der Waals surface area contributed by atoms with Crippen molar-refractivity contribution in [3.63, 3.8) is 0 Å². The molecule has 0 atom stereocenters. The number of halogens is 4. The van der Waals surface area contributed by atoms with Crippen LogP contribution in [0.4, 0.5) is 19.0 Å². The molecule has 4 nitrogen and oxygen atoms in total. The van der Waals surface area contributed by atoms with Gasteiger partial charge in [-0.3, -0.25) is 4.79 Å². The van der Waals surface area contributed by atoms with Crippen molar-refractivity contribution in [1.82, 2.24) is 9.97 Å². The van der Waals surface area contributed by atoms with Crippen molar-refractivity contribution < 1.29 is 13.2 Å². The van der Waals surface area contributed by atoms with Crippen molar-refractivity contribution in [2.75, 3.05) is 5.32 Å². The van der Waals surface area contributed by atoms with E-state index in [0.717, 1.165) is 12.1 Å². The highest BCUT2D eigenvalue weighted by Gasteiger charge is 2.30. The van der Waals surface area contributed by atoms with Gasteiger partial charge in [-0.2, -0.15) is 13.2 Å². The fraction of sp³-hybridized carbons (Fsp3) is 0.167. The number of nitrogens with zero attached hydrogens (tertiary/aromatic N) is 1. The maximum Gasteiger partial charge on any atom is 0.416 e. The van der Waals surface area contributed by atoms with E-state index in [1.54, 1.807) is 6.07 Å². The number of hydrogen-bond donors (Lipinski definition) is 2. The molecule has 2 aromatic rings. The Labute approximate surface area is 120 Å². The lowest BCUT2D eigenvalue weighted by molar-refractivity contribution is -0.137. The van der Waals surface area contributed by atoms with Crippen molar-refractivity contribution >= 4 is 21.7 Å². The Bertz CT molecular complexity index is 669. The molecule has 0 radical (unpaired) electrons. The normalized spacial score (nSPS) is 11.4. The van der Waals surface area contributed by atoms with E-state index in [-0.39, 0.29) is 22.4 Å². The van der Waals surface area contributed by atoms with E-state index >= 15 is 0 Å². The van der Waals surface area contributed by atoms with E-state index in [0.29, 0.717) is 5.56 Å². The van der Waals surface area contributed by atoms with E-state index in [4.69, 9.17) is 0 Å². The summed E-state index contributed by atoms with van der Waals surface area (Å²) < 4.78 is 37.9. The number of benzene rings is 1. The first-order valence-electron chi connectivity index (χ1n) is 5.51. The lowest BCUT2D eigenvalue weighted by atomic mass is 10.1. The fourth-order valence-corrected chi connectivity index (χ4v) is 1.91. The molecule has 0 unspecified atom stereocenters. The number of nitrogens with one attached hydrogen (secondary N) is 2. The number of alkyl halides is 3. The van der Waals surface area contributed by atoms with Crippen molar-refractivity contribution in [3.8, 4) is 0 Å². The zero-order valence-electron chi connectivity index (χ0n) is 9.96. The molecule has 1 aromatic heterocycles. The van der Waals surface area contributed by atoms with E-state index in [9.17, 15) is 18.0 Å². The summed E-state index contributed by atoms with van der Waals surface area (Å²) >= 11 is 3.05. The molecule has 1 aromatic carbocycles. The van der Waals surface area contributed by atoms with Crippen LogP contribution < -0.4 is 10.9 Å². The lowest BCUT2D eigenvalue weighted by Gasteiger charge is -2.10. The first kappa shape index (κ1) is 14.6. The molecular weight excluding hydrogens is 339 g/mol. The van der Waals surface area contributed by atoms with Gasteiger partial charge in [-0.1, -0.05) is 12.1 Å². The third-order valence-electron chi connectivity index (χ3n) is 2.51. The van der Waals surface area contributed by atoms with Gasteiger partial charge in [-0.25, -0.2) is 4.98 Å². The second-order valence-electron chi connectivity index (χ2n) is 3.95. The van der Waals surface area contributed by atoms with E-state index in [2.05, 4.69) is 31.2 Å². The predicted octanol–water partition coefficient (Wildman–Crippen LogP) is 3.16. The minimum absolute atomic E-state index is 0.124. The van der Waals surface area contributed by atoms with Gasteiger partial charge in [0.2, 0.25) is 0 Å². The highest BCUT2D eigenvalue weighted by Crippen LogP contribution is 2.29. The first-order valence-corrected chi connectivity index (χ1v) is 6.30. The second kappa shape index (κ2) is 5.66. The van der Waals surface area contributed by atoms with Gasteiger partial charge >= 0.3 is 6.18 Å². The zero-order valence-corrected chi connectivity index (χ0v) is 11.5. The van der Waals surface area contributed by atoms with Crippen LogP contribution in [0.15, 0.2) is 39.9 Å². The minimum Gasteiger partial charge on any atom is -0.365 e. The Kier molecular flexibility index (Phi) is 4.12. The number of anilines is 1. The van der Waals surface area contributed by atoms with Crippen LogP contribution in [0.3, 0.4) is 0 Å². The maximum atomic E-state index is 12.6. The molecule has 0 aliphatic rings. The van der Waals surface area contributed by atoms with Gasteiger partial charge in [0.15, 0.2) is 0 Å². The molecule has 0 saturated heterocycles. The van der Waals surface area contributed by atoms with Crippen molar-refractivity contribution in [1.29, 1.82) is 0 Å². The Balaban J connectivity index is 2.15. The van der Waals surface area contributed by atoms with Crippen LogP contribution >= 0.6 is 15.9 Å². The highest BCUT2D eigenvalue weighted by atomic mass is 79.9. The number of aromatic amines is 1. The molecule has 20 heavy (non-hydrogen) atoms. The summed E-state index contributed by atoms with van der Waals surface area (Å²) in [6.07, 6.45) is -3.17. The summed E-state index contributed by atoms with van der Waals surface area (Å²) in [4.78, 5) is 17.6. The molecular formula is C12H9BrF3N3O. The summed E-state index contributed by atoms with van der Waals surface area (Å²) in [5, 5.41) is 2.80. The molecule has 0 fully saturated rings. The van der Waals surface area contributed by atoms with Gasteiger partial charge in [0.05, 0.1) is 11.9 Å². The van der Waals surface area contributed by atoms with Gasteiger partial charge < -0.3 is 10.3 Å². The average molecular weight is 348 g/mol. The van der Waals surface area contributed by atoms with Crippen LogP contribution in [0.1, 0.15) is 11.1 Å². The van der Waals surface area contributed by atoms with Crippen molar-refractivity contribution in [3.05, 3.63) is 56.5 Å². The Morgan fingerprint density at radius 2 is 2.10 bits per heavy atom. The fourth-order valence-electron chi connectivity index (χ4n) is 1.55. The standard InChI is InChI=1S/C12H9BrF3N3O/c13-9-10(18-6-19-11(9)20)17-5-7-2-1-3-8(4-7)12(14,15)16/h1-4,6H,5H2,(H2,17,18,19,20). The second-order valence-corrected chi connectivity index (χ2v) is 4.74. The SMILES string of the molecule is O=c1[nH]cnc(NCc2cccc(C(F)(F)F)c2)c1Br. The van der Waals surface area contributed by atoms with Crippen molar-refractivity contribution in [2.45, 2.75) is 12.7 Å². The largest absolute Gasteiger partial charge is 0.416 e. The Morgan fingerprint density at radius 1 is 1.35 bits per heavy atom. The number of aromatic nitrogens is 2. The van der Waals surface area contributed by atoms with Gasteiger partial charge in [0.1, 0.15) is 10.3 Å². The lowest BCUT2D eigenvalue weighted by Crippen LogP contribution is -2.12. The van der Waals surface area contributed by atoms with Crippen molar-refractivity contribution in [2.24, 2.45) is 0 Å². The highest BCUT2D eigenvalue weighted by molar-refractivity contribution is 9.10. The summed E-state index contributed by atoms with van der Waals surface area (Å²) in [7, 11) is 0. The zero-order chi connectivity index (χ0) is 14.8. The molecule has 106 valence electrons. The molecule has 0 bridgehead atoms. The molecule has 0 amide bonds. The number of rotatable bonds is 3. The molecule has 2 rings (SSSR count). The van der Waals surface area contributed by atoms with Crippen LogP contribution in [-0.4, -0.2) is 9.97 Å². The van der Waals surface area contributed by atoms with Crippen LogP contribution in [0.25, 0.3) is 0 Å². The van der Waals surface area contributed by atoms with Crippen LogP contribution in [-0.2, 0) is 12.7 Å². The Morgan fingerprint density at radius 3 is 2.80 bits per heavy atom. The molecule has 1 heterocycles. The Hall–Kier alpha value is -1.83. The maximum absolute atomic E-state index is 12.6. The van der Waals surface area contributed by atoms with Crippen LogP contribution in [0, 0.1) is 0 Å². The molecule has 0 saturated carbocycles. The van der Waals surface area contributed by atoms with E-state index in [1.807, 2.05) is 0 Å². The van der Waals surface area contributed by atoms with E-state index in [1.165, 1.54) is 12.4 Å². The predicted molar refractivity (Wildman–Crippen MR) is 71.3 cm³/mol. The average Bonchev–Trinajstić information content (AvgIpc) is 2.40. The number of hydrogen-bond acceptors (Lipinski definition) is 3. The quantitative estimate of drug-likeness (QED) is 0.896. The molecule has 8 heteroatoms. The topological polar surface area (TPSA) is 57.8 Å². The summed E-state index contributed by atoms with van der Waals surface area (Å²) in [5.41, 5.74) is -0.643. The third kappa shape index (κ3) is 3.38. The minimum atomic E-state index is -4.38. The summed E-state index contributed by atoms with van der Waals surface area (Å²) in [6.45, 7) is 0.124. The van der Waals surface area contributed by atoms with Gasteiger partial charge in [-0.15, -0.1) is 0 Å².